The number of hydrogen-bond acceptors (Lipinski definition) is 6. The van der Waals surface area contributed by atoms with E-state index in [4.69, 9.17) is 21.5 Å². The summed E-state index contributed by atoms with van der Waals surface area (Å²) in [7, 11) is -3.62. The van der Waals surface area contributed by atoms with Crippen molar-refractivity contribution in [2.45, 2.75) is 30.7 Å². The lowest BCUT2D eigenvalue weighted by Gasteiger charge is -2.29. The van der Waals surface area contributed by atoms with Crippen LogP contribution in [0.25, 0.3) is 0 Å². The molecule has 0 saturated carbocycles. The number of carbonyl (C=O) groups excluding carboxylic acids is 1. The maximum absolute atomic E-state index is 12.8. The van der Waals surface area contributed by atoms with Crippen LogP contribution in [0.5, 0.6) is 0 Å². The Labute approximate surface area is 188 Å². The summed E-state index contributed by atoms with van der Waals surface area (Å²) in [5.41, 5.74) is 0. The van der Waals surface area contributed by atoms with Gasteiger partial charge in [0.1, 0.15) is 4.21 Å². The summed E-state index contributed by atoms with van der Waals surface area (Å²) in [4.78, 5) is 23.0. The van der Waals surface area contributed by atoms with Crippen molar-refractivity contribution in [3.63, 3.8) is 0 Å². The number of nitrogens with zero attached hydrogens (tertiary/aromatic N) is 2. The van der Waals surface area contributed by atoms with Crippen LogP contribution in [0.1, 0.15) is 20.3 Å². The molecular weight excluding hydrogens is 483 g/mol. The third-order valence-corrected chi connectivity index (χ3v) is 7.56. The van der Waals surface area contributed by atoms with Gasteiger partial charge in [-0.25, -0.2) is 13.2 Å². The number of amides is 1. The van der Waals surface area contributed by atoms with Gasteiger partial charge in [0.05, 0.1) is 4.34 Å². The Bertz CT molecular complexity index is 840. The van der Waals surface area contributed by atoms with Crippen molar-refractivity contribution in [3.8, 4) is 0 Å². The molecule has 0 atom stereocenters. The summed E-state index contributed by atoms with van der Waals surface area (Å²) in [6.45, 7) is 7.42. The molecule has 0 spiro atoms. The SMILES string of the molecule is CC(C)CN(CCC(=O)N1CCNCC1)S(=O)(=O)c1ccc(Cl)s1.O=C(O)C(F)(F)F. The monoisotopic (exact) mass is 507 g/mol. The summed E-state index contributed by atoms with van der Waals surface area (Å²) in [6.07, 6.45) is -4.88. The number of aliphatic carboxylic acids is 1. The van der Waals surface area contributed by atoms with E-state index in [-0.39, 0.29) is 29.0 Å². The van der Waals surface area contributed by atoms with Crippen LogP contribution in [0.15, 0.2) is 16.3 Å². The van der Waals surface area contributed by atoms with Crippen molar-refractivity contribution in [1.29, 1.82) is 0 Å². The second-order valence-electron chi connectivity index (χ2n) is 7.00. The molecule has 178 valence electrons. The zero-order valence-electron chi connectivity index (χ0n) is 17.0. The maximum Gasteiger partial charge on any atom is 0.490 e. The van der Waals surface area contributed by atoms with E-state index < -0.39 is 22.2 Å². The van der Waals surface area contributed by atoms with Crippen LogP contribution in [0.3, 0.4) is 0 Å². The lowest BCUT2D eigenvalue weighted by atomic mass is 10.2. The number of thiophene rings is 1. The van der Waals surface area contributed by atoms with Gasteiger partial charge in [-0.15, -0.1) is 11.3 Å². The van der Waals surface area contributed by atoms with Crippen LogP contribution >= 0.6 is 22.9 Å². The number of piperazine rings is 1. The van der Waals surface area contributed by atoms with Crippen molar-refractivity contribution >= 4 is 44.8 Å². The van der Waals surface area contributed by atoms with Gasteiger partial charge in [0.25, 0.3) is 10.0 Å². The summed E-state index contributed by atoms with van der Waals surface area (Å²) in [5, 5.41) is 10.3. The first-order chi connectivity index (χ1) is 14.2. The number of nitrogens with one attached hydrogen (secondary N) is 1. The van der Waals surface area contributed by atoms with Gasteiger partial charge < -0.3 is 15.3 Å². The molecule has 1 aliphatic heterocycles. The van der Waals surface area contributed by atoms with Crippen LogP contribution in [-0.2, 0) is 19.6 Å². The Kier molecular flexibility index (Phi) is 10.7. The van der Waals surface area contributed by atoms with E-state index in [9.17, 15) is 26.4 Å². The molecule has 1 fully saturated rings. The third-order valence-electron chi connectivity index (χ3n) is 4.00. The fourth-order valence-corrected chi connectivity index (χ4v) is 5.81. The van der Waals surface area contributed by atoms with E-state index in [1.165, 1.54) is 10.4 Å². The second kappa shape index (κ2) is 12.0. The smallest absolute Gasteiger partial charge is 0.475 e. The van der Waals surface area contributed by atoms with Gasteiger partial charge in [-0.2, -0.15) is 17.5 Å². The number of sulfonamides is 1. The van der Waals surface area contributed by atoms with Crippen molar-refractivity contribution < 1.29 is 36.3 Å². The molecule has 0 aromatic carbocycles. The molecule has 0 aliphatic carbocycles. The first-order valence-electron chi connectivity index (χ1n) is 9.29. The predicted molar refractivity (Wildman–Crippen MR) is 111 cm³/mol. The van der Waals surface area contributed by atoms with Crippen molar-refractivity contribution in [2.75, 3.05) is 39.3 Å². The van der Waals surface area contributed by atoms with E-state index in [2.05, 4.69) is 5.32 Å². The Morgan fingerprint density at radius 2 is 1.84 bits per heavy atom. The standard InChI is InChI=1S/C15H24ClN3O3S2.C2HF3O2/c1-12(2)11-19(24(21,22)15-4-3-13(16)23-15)8-5-14(20)18-9-6-17-7-10-18;3-2(4,5)1(6)7/h3-4,12,17H,5-11H2,1-2H3;(H,6,7). The molecule has 0 unspecified atom stereocenters. The van der Waals surface area contributed by atoms with Gasteiger partial charge in [0.15, 0.2) is 0 Å². The second-order valence-corrected chi connectivity index (χ2v) is 10.9. The van der Waals surface area contributed by atoms with Crippen LogP contribution < -0.4 is 5.32 Å². The highest BCUT2D eigenvalue weighted by Crippen LogP contribution is 2.28. The van der Waals surface area contributed by atoms with E-state index in [1.807, 2.05) is 13.8 Å². The molecule has 1 saturated heterocycles. The predicted octanol–water partition coefficient (Wildman–Crippen LogP) is 2.50. The maximum atomic E-state index is 12.8. The summed E-state index contributed by atoms with van der Waals surface area (Å²) >= 11 is 6.92. The van der Waals surface area contributed by atoms with Crippen molar-refractivity contribution in [3.05, 3.63) is 16.5 Å². The topological polar surface area (TPSA) is 107 Å². The largest absolute Gasteiger partial charge is 0.490 e. The molecule has 1 amide bonds. The number of halogens is 4. The zero-order valence-corrected chi connectivity index (χ0v) is 19.4. The average Bonchev–Trinajstić information content (AvgIpc) is 3.12. The Hall–Kier alpha value is -1.41. The van der Waals surface area contributed by atoms with Crippen molar-refractivity contribution in [2.24, 2.45) is 5.92 Å². The number of carboxylic acids is 1. The van der Waals surface area contributed by atoms with E-state index >= 15 is 0 Å². The lowest BCUT2D eigenvalue weighted by molar-refractivity contribution is -0.192. The van der Waals surface area contributed by atoms with Crippen molar-refractivity contribution in [1.82, 2.24) is 14.5 Å². The lowest BCUT2D eigenvalue weighted by Crippen LogP contribution is -2.47. The molecule has 31 heavy (non-hydrogen) atoms. The molecule has 0 radical (unpaired) electrons. The normalized spacial score (nSPS) is 15.0. The molecule has 8 nitrogen and oxygen atoms in total. The van der Waals surface area contributed by atoms with Gasteiger partial charge in [-0.3, -0.25) is 4.79 Å². The average molecular weight is 508 g/mol. The highest BCUT2D eigenvalue weighted by atomic mass is 35.5. The fourth-order valence-electron chi connectivity index (χ4n) is 2.57. The van der Waals surface area contributed by atoms with Gasteiger partial charge in [-0.1, -0.05) is 25.4 Å². The highest BCUT2D eigenvalue weighted by molar-refractivity contribution is 7.91. The van der Waals surface area contributed by atoms with Gasteiger partial charge >= 0.3 is 12.1 Å². The molecule has 0 bridgehead atoms. The van der Waals surface area contributed by atoms with Gasteiger partial charge in [0.2, 0.25) is 5.91 Å². The number of hydrogen-bond donors (Lipinski definition) is 2. The summed E-state index contributed by atoms with van der Waals surface area (Å²) in [5.74, 6) is -2.58. The van der Waals surface area contributed by atoms with E-state index in [0.717, 1.165) is 24.4 Å². The van der Waals surface area contributed by atoms with Crippen LogP contribution in [0.2, 0.25) is 4.34 Å². The quantitative estimate of drug-likeness (QED) is 0.587. The fraction of sp³-hybridized carbons (Fsp3) is 0.647. The number of carbonyl (C=O) groups is 2. The minimum absolute atomic E-state index is 0.00432. The molecule has 1 aromatic heterocycles. The van der Waals surface area contributed by atoms with E-state index in [0.29, 0.717) is 24.0 Å². The molecule has 2 heterocycles. The van der Waals surface area contributed by atoms with Gasteiger partial charge in [0, 0.05) is 45.7 Å². The number of rotatable bonds is 7. The van der Waals surface area contributed by atoms with Crippen LogP contribution in [0.4, 0.5) is 13.2 Å². The first-order valence-corrected chi connectivity index (χ1v) is 11.9. The minimum Gasteiger partial charge on any atom is -0.475 e. The first kappa shape index (κ1) is 27.6. The number of carboxylic acid groups (broad SMARTS) is 1. The third kappa shape index (κ3) is 9.31. The zero-order chi connectivity index (χ0) is 23.8. The summed E-state index contributed by atoms with van der Waals surface area (Å²) in [6, 6.07) is 3.10. The molecule has 2 rings (SSSR count). The highest BCUT2D eigenvalue weighted by Gasteiger charge is 2.38. The molecule has 14 heteroatoms. The van der Waals surface area contributed by atoms with E-state index in [1.54, 1.807) is 11.0 Å². The Morgan fingerprint density at radius 3 is 2.26 bits per heavy atom. The molecule has 1 aromatic rings. The van der Waals surface area contributed by atoms with Crippen LogP contribution in [0, 0.1) is 5.92 Å². The number of alkyl halides is 3. The van der Waals surface area contributed by atoms with Gasteiger partial charge in [-0.05, 0) is 18.1 Å². The summed E-state index contributed by atoms with van der Waals surface area (Å²) < 4.78 is 59.4. The Balaban J connectivity index is 0.000000592. The molecular formula is C17H25ClF3N3O5S2. The Morgan fingerprint density at radius 1 is 1.29 bits per heavy atom. The van der Waals surface area contributed by atoms with Crippen LogP contribution in [-0.4, -0.2) is 80.1 Å². The minimum atomic E-state index is -5.08. The molecule has 1 aliphatic rings. The molecule has 2 N–H and O–H groups in total.